The lowest BCUT2D eigenvalue weighted by molar-refractivity contribution is -0.140. The fourth-order valence-corrected chi connectivity index (χ4v) is 5.72. The monoisotopic (exact) mass is 466 g/mol. The Kier molecular flexibility index (Phi) is 6.12. The lowest BCUT2D eigenvalue weighted by Gasteiger charge is -2.26. The Morgan fingerprint density at radius 2 is 1.53 bits per heavy atom. The zero-order chi connectivity index (χ0) is 22.2. The van der Waals surface area contributed by atoms with E-state index in [1.54, 1.807) is 0 Å². The van der Waals surface area contributed by atoms with Crippen molar-refractivity contribution in [3.05, 3.63) is 53.8 Å². The summed E-state index contributed by atoms with van der Waals surface area (Å²) >= 11 is 0. The van der Waals surface area contributed by atoms with Gasteiger partial charge in [0.1, 0.15) is 5.82 Å². The van der Waals surface area contributed by atoms with Gasteiger partial charge in [0.15, 0.2) is 0 Å². The second kappa shape index (κ2) is 8.16. The molecule has 1 fully saturated rings. The fourth-order valence-electron chi connectivity index (χ4n) is 3.08. The van der Waals surface area contributed by atoms with E-state index in [4.69, 9.17) is 0 Å². The first-order chi connectivity index (χ1) is 13.9. The van der Waals surface area contributed by atoms with Gasteiger partial charge in [0.05, 0.1) is 21.0 Å². The van der Waals surface area contributed by atoms with E-state index < -0.39 is 42.5 Å². The molecule has 164 valence electrons. The number of piperidine rings is 1. The molecule has 1 N–H and O–H groups in total. The second-order valence-electron chi connectivity index (χ2n) is 6.74. The SMILES string of the molecule is O=S(=O)(Nc1cccc(S(=O)(=O)N2CCCCC2)c1)c1ccc(F)c(C(F)(F)F)c1. The molecule has 1 aliphatic heterocycles. The predicted molar refractivity (Wildman–Crippen MR) is 101 cm³/mol. The molecule has 1 aliphatic rings. The van der Waals surface area contributed by atoms with E-state index in [9.17, 15) is 34.4 Å². The van der Waals surface area contributed by atoms with E-state index in [1.807, 2.05) is 4.72 Å². The van der Waals surface area contributed by atoms with Gasteiger partial charge in [0.25, 0.3) is 10.0 Å². The summed E-state index contributed by atoms with van der Waals surface area (Å²) in [4.78, 5) is -0.944. The van der Waals surface area contributed by atoms with Crippen molar-refractivity contribution in [2.45, 2.75) is 35.2 Å². The molecule has 2 aromatic carbocycles. The molecule has 30 heavy (non-hydrogen) atoms. The highest BCUT2D eigenvalue weighted by molar-refractivity contribution is 7.92. The molecule has 2 aromatic rings. The number of rotatable bonds is 5. The molecule has 0 spiro atoms. The summed E-state index contributed by atoms with van der Waals surface area (Å²) in [6.45, 7) is 0.710. The van der Waals surface area contributed by atoms with Gasteiger partial charge >= 0.3 is 6.18 Å². The minimum Gasteiger partial charge on any atom is -0.280 e. The van der Waals surface area contributed by atoms with E-state index in [0.717, 1.165) is 25.3 Å². The fraction of sp³-hybridized carbons (Fsp3) is 0.333. The van der Waals surface area contributed by atoms with Crippen molar-refractivity contribution >= 4 is 25.7 Å². The molecule has 3 rings (SSSR count). The van der Waals surface area contributed by atoms with Gasteiger partial charge in [-0.05, 0) is 49.2 Å². The van der Waals surface area contributed by atoms with Crippen LogP contribution in [0.15, 0.2) is 52.3 Å². The maximum atomic E-state index is 13.4. The number of anilines is 1. The van der Waals surface area contributed by atoms with Crippen LogP contribution in [0.3, 0.4) is 0 Å². The maximum Gasteiger partial charge on any atom is 0.419 e. The molecule has 0 aliphatic carbocycles. The third kappa shape index (κ3) is 4.76. The van der Waals surface area contributed by atoms with Crippen molar-refractivity contribution < 1.29 is 34.4 Å². The molecule has 12 heteroatoms. The first kappa shape index (κ1) is 22.5. The third-order valence-electron chi connectivity index (χ3n) is 4.59. The third-order valence-corrected chi connectivity index (χ3v) is 7.87. The summed E-state index contributed by atoms with van der Waals surface area (Å²) in [6, 6.07) is 6.28. The Balaban J connectivity index is 1.91. The average molecular weight is 466 g/mol. The number of alkyl halides is 3. The average Bonchev–Trinajstić information content (AvgIpc) is 2.68. The summed E-state index contributed by atoms with van der Waals surface area (Å²) in [5.41, 5.74) is -1.86. The maximum absolute atomic E-state index is 13.4. The Labute approximate surface area is 171 Å². The first-order valence-corrected chi connectivity index (χ1v) is 11.8. The summed E-state index contributed by atoms with van der Waals surface area (Å²) < 4.78 is 106. The molecule has 0 bridgehead atoms. The molecule has 0 saturated carbocycles. The number of nitrogens with zero attached hydrogens (tertiary/aromatic N) is 1. The number of nitrogens with one attached hydrogen (secondary N) is 1. The quantitative estimate of drug-likeness (QED) is 0.679. The van der Waals surface area contributed by atoms with Gasteiger partial charge in [-0.2, -0.15) is 17.5 Å². The number of benzene rings is 2. The Morgan fingerprint density at radius 1 is 0.867 bits per heavy atom. The molecule has 0 radical (unpaired) electrons. The standard InChI is InChI=1S/C18H18F4N2O4S2/c19-17-8-7-14(12-16(17)18(20,21)22)29(25,26)23-13-5-4-6-15(11-13)30(27,28)24-9-2-1-3-10-24/h4-8,11-12,23H,1-3,9-10H2. The van der Waals surface area contributed by atoms with E-state index >= 15 is 0 Å². The van der Waals surface area contributed by atoms with Gasteiger partial charge < -0.3 is 0 Å². The van der Waals surface area contributed by atoms with Crippen LogP contribution in [-0.4, -0.2) is 34.2 Å². The highest BCUT2D eigenvalue weighted by Crippen LogP contribution is 2.33. The number of halogens is 4. The summed E-state index contributed by atoms with van der Waals surface area (Å²) in [5, 5.41) is 0. The minimum atomic E-state index is -5.07. The lowest BCUT2D eigenvalue weighted by Crippen LogP contribution is -2.35. The van der Waals surface area contributed by atoms with Crippen LogP contribution in [0.4, 0.5) is 23.2 Å². The van der Waals surface area contributed by atoms with Crippen molar-refractivity contribution in [1.82, 2.24) is 4.31 Å². The van der Waals surface area contributed by atoms with Crippen LogP contribution in [0.1, 0.15) is 24.8 Å². The molecule has 0 amide bonds. The molecule has 1 saturated heterocycles. The molecule has 1 heterocycles. The Bertz CT molecular complexity index is 1140. The Hall–Kier alpha value is -2.18. The smallest absolute Gasteiger partial charge is 0.280 e. The second-order valence-corrected chi connectivity index (χ2v) is 10.4. The zero-order valence-electron chi connectivity index (χ0n) is 15.5. The van der Waals surface area contributed by atoms with Crippen LogP contribution < -0.4 is 4.72 Å². The van der Waals surface area contributed by atoms with E-state index in [-0.39, 0.29) is 16.6 Å². The molecular weight excluding hydrogens is 448 g/mol. The van der Waals surface area contributed by atoms with Crippen LogP contribution >= 0.6 is 0 Å². The van der Waals surface area contributed by atoms with E-state index in [0.29, 0.717) is 25.2 Å². The minimum absolute atomic E-state index is 0.139. The molecule has 0 aromatic heterocycles. The zero-order valence-corrected chi connectivity index (χ0v) is 17.1. The normalized spacial score (nSPS) is 16.4. The first-order valence-electron chi connectivity index (χ1n) is 8.91. The van der Waals surface area contributed by atoms with Gasteiger partial charge in [-0.15, -0.1) is 0 Å². The van der Waals surface area contributed by atoms with Gasteiger partial charge in [-0.25, -0.2) is 21.2 Å². The van der Waals surface area contributed by atoms with Crippen LogP contribution in [0, 0.1) is 5.82 Å². The van der Waals surface area contributed by atoms with E-state index in [2.05, 4.69) is 0 Å². The summed E-state index contributed by atoms with van der Waals surface area (Å²) in [7, 11) is -8.36. The molecule has 6 nitrogen and oxygen atoms in total. The van der Waals surface area contributed by atoms with Crippen molar-refractivity contribution in [1.29, 1.82) is 0 Å². The summed E-state index contributed by atoms with van der Waals surface area (Å²) in [5.74, 6) is -1.60. The molecule has 0 atom stereocenters. The highest BCUT2D eigenvalue weighted by atomic mass is 32.2. The number of hydrogen-bond acceptors (Lipinski definition) is 4. The number of hydrogen-bond donors (Lipinski definition) is 1. The van der Waals surface area contributed by atoms with Crippen molar-refractivity contribution in [2.24, 2.45) is 0 Å². The largest absolute Gasteiger partial charge is 0.419 e. The van der Waals surface area contributed by atoms with Crippen LogP contribution in [0.5, 0.6) is 0 Å². The van der Waals surface area contributed by atoms with Crippen LogP contribution in [0.25, 0.3) is 0 Å². The summed E-state index contributed by atoms with van der Waals surface area (Å²) in [6.07, 6.45) is -2.71. The van der Waals surface area contributed by atoms with Crippen molar-refractivity contribution in [2.75, 3.05) is 17.8 Å². The van der Waals surface area contributed by atoms with Gasteiger partial charge in [0, 0.05) is 13.1 Å². The Morgan fingerprint density at radius 3 is 2.17 bits per heavy atom. The lowest BCUT2D eigenvalue weighted by atomic mass is 10.2. The van der Waals surface area contributed by atoms with Gasteiger partial charge in [-0.1, -0.05) is 12.5 Å². The molecule has 0 unspecified atom stereocenters. The van der Waals surface area contributed by atoms with Crippen LogP contribution in [0.2, 0.25) is 0 Å². The topological polar surface area (TPSA) is 83.5 Å². The number of sulfonamides is 2. The van der Waals surface area contributed by atoms with Crippen molar-refractivity contribution in [3.8, 4) is 0 Å². The molecular formula is C18H18F4N2O4S2. The predicted octanol–water partition coefficient (Wildman–Crippen LogP) is 3.82. The van der Waals surface area contributed by atoms with Gasteiger partial charge in [0.2, 0.25) is 10.0 Å². The highest BCUT2D eigenvalue weighted by Gasteiger charge is 2.35. The van der Waals surface area contributed by atoms with Crippen molar-refractivity contribution in [3.63, 3.8) is 0 Å². The van der Waals surface area contributed by atoms with E-state index in [1.165, 1.54) is 22.5 Å². The van der Waals surface area contributed by atoms with Crippen LogP contribution in [-0.2, 0) is 26.2 Å². The van der Waals surface area contributed by atoms with Gasteiger partial charge in [-0.3, -0.25) is 4.72 Å².